The molecule has 0 spiro atoms. The predicted octanol–water partition coefficient (Wildman–Crippen LogP) is -2.99. The van der Waals surface area contributed by atoms with E-state index in [1.165, 1.54) is 14.7 Å². The highest BCUT2D eigenvalue weighted by Gasteiger charge is 2.35. The van der Waals surface area contributed by atoms with Crippen LogP contribution in [0.3, 0.4) is 0 Å². The molecule has 7 atom stereocenters. The molecule has 33 heteroatoms. The van der Waals surface area contributed by atoms with Crippen LogP contribution in [0.5, 0.6) is 0 Å². The molecule has 6 amide bonds. The number of amides is 6. The highest BCUT2D eigenvalue weighted by Crippen LogP contribution is 2.45. The van der Waals surface area contributed by atoms with Gasteiger partial charge >= 0.3 is 17.9 Å². The second kappa shape index (κ2) is 32.2. The highest BCUT2D eigenvalue weighted by molar-refractivity contribution is 7.58. The number of carbonyl (C=O) groups is 9. The predicted molar refractivity (Wildman–Crippen MR) is 278 cm³/mol. The Balaban J connectivity index is 1.73. The Hall–Kier alpha value is -5.83. The molecule has 3 unspecified atom stereocenters. The molecule has 2 heterocycles. The van der Waals surface area contributed by atoms with Gasteiger partial charge in [0.2, 0.25) is 57.5 Å². The molecule has 0 bridgehead atoms. The first-order chi connectivity index (χ1) is 36.1. The van der Waals surface area contributed by atoms with Crippen LogP contribution in [0.1, 0.15) is 63.4 Å². The van der Waals surface area contributed by atoms with Crippen molar-refractivity contribution in [2.45, 2.75) is 88.4 Å². The lowest BCUT2D eigenvalue weighted by atomic mass is 10.0. The Labute approximate surface area is 444 Å². The number of hydrogen-bond donors (Lipinski definition) is 14. The van der Waals surface area contributed by atoms with E-state index in [1.54, 1.807) is 30.3 Å². The zero-order valence-corrected chi connectivity index (χ0v) is 45.2. The number of benzene rings is 1. The van der Waals surface area contributed by atoms with Gasteiger partial charge in [-0.3, -0.25) is 76.5 Å². The number of carbonyl (C=O) groups excluding carboxylic acids is 6. The maximum atomic E-state index is 14.1. The third-order valence-corrected chi connectivity index (χ3v) is 17.3. The summed E-state index contributed by atoms with van der Waals surface area (Å²) in [4.78, 5) is 155. The first-order valence-corrected chi connectivity index (χ1v) is 30.8. The third-order valence-electron chi connectivity index (χ3n) is 12.0. The lowest BCUT2D eigenvalue weighted by Gasteiger charge is -2.38. The van der Waals surface area contributed by atoms with Gasteiger partial charge in [0.25, 0.3) is 0 Å². The van der Waals surface area contributed by atoms with Crippen LogP contribution in [0.4, 0.5) is 0 Å². The van der Waals surface area contributed by atoms with Crippen molar-refractivity contribution in [1.29, 1.82) is 0 Å². The van der Waals surface area contributed by atoms with E-state index in [9.17, 15) is 76.6 Å². The molecule has 0 aromatic heterocycles. The molecule has 16 N–H and O–H groups in total. The quantitative estimate of drug-likeness (QED) is 0.0172. The molecule has 3 rings (SSSR count). The Morgan fingerprint density at radius 3 is 1.64 bits per heavy atom. The average molecular weight is 1150 g/mol. The molecule has 432 valence electrons. The second-order valence-electron chi connectivity index (χ2n) is 18.8. The van der Waals surface area contributed by atoms with Gasteiger partial charge in [-0.2, -0.15) is 0 Å². The number of aliphatic carboxylic acids is 3. The molecule has 0 aliphatic carbocycles. The molecule has 77 heavy (non-hydrogen) atoms. The SMILES string of the molecule is NC(N)=NCCC[C@@H]1NC(=O)[C@H](CCCCNC(=O)CCP(=O)(O)CN2CCN(CP(=O)(O)CCC(=O)O)CCN(CP(=O)(O)CCC(=O)O)C2)NC(=O)[C@@H](Cc2ccccc2)NC(=O)[C@H](CC(=O)O)NC(=O)CNC1=O. The van der Waals surface area contributed by atoms with Crippen molar-refractivity contribution in [2.75, 3.05) is 89.8 Å². The summed E-state index contributed by atoms with van der Waals surface area (Å²) in [5.41, 5.74) is 11.4. The van der Waals surface area contributed by atoms with Gasteiger partial charge in [-0.15, -0.1) is 0 Å². The first kappa shape index (κ1) is 65.5. The van der Waals surface area contributed by atoms with Crippen LogP contribution in [0.15, 0.2) is 35.3 Å². The highest BCUT2D eigenvalue weighted by atomic mass is 31.2. The zero-order chi connectivity index (χ0) is 57.3. The number of rotatable bonds is 28. The lowest BCUT2D eigenvalue weighted by molar-refractivity contribution is -0.141. The van der Waals surface area contributed by atoms with Gasteiger partial charge in [0.15, 0.2) is 5.96 Å². The van der Waals surface area contributed by atoms with Gasteiger partial charge in [0.1, 0.15) is 24.2 Å². The van der Waals surface area contributed by atoms with Gasteiger partial charge in [-0.05, 0) is 37.7 Å². The number of aliphatic imine (C=N–C) groups is 1. The zero-order valence-electron chi connectivity index (χ0n) is 42.5. The maximum absolute atomic E-state index is 14.1. The van der Waals surface area contributed by atoms with Crippen LogP contribution >= 0.6 is 22.1 Å². The number of unbranched alkanes of at least 4 members (excludes halogenated alkanes) is 1. The minimum Gasteiger partial charge on any atom is -0.481 e. The van der Waals surface area contributed by atoms with E-state index in [0.717, 1.165) is 0 Å². The molecule has 1 aromatic carbocycles. The standard InChI is InChI=1S/C44H73N12O18P3/c45-44(46)48-15-6-10-31-40(65)49-25-36(58)50-34(24-39(63)64)43(68)53-33(23-30-7-2-1-3-8-30)42(67)52-32(41(66)51-31)9-4-5-14-47-35(57)11-20-75(69,70)28-55-18-16-54(27-76(71,72)21-12-37(59)60)17-19-56(26-55)29-77(73,74)22-13-38(61)62/h1-3,7-8,31-34H,4-6,9-29H2,(H,47,57)(H,49,65)(H,50,58)(H,51,66)(H,52,67)(H,53,68)(H,59,60)(H,61,62)(H,63,64)(H,69,70)(H,71,72)(H,73,74)(H4,45,46,48)/t31-,32-,33+,34-/m0/s1. The largest absolute Gasteiger partial charge is 0.481 e. The van der Waals surface area contributed by atoms with Crippen LogP contribution < -0.4 is 43.4 Å². The fourth-order valence-electron chi connectivity index (χ4n) is 8.07. The van der Waals surface area contributed by atoms with Crippen molar-refractivity contribution in [2.24, 2.45) is 16.5 Å². The Morgan fingerprint density at radius 2 is 1.09 bits per heavy atom. The molecule has 0 saturated carbocycles. The van der Waals surface area contributed by atoms with E-state index in [0.29, 0.717) is 5.56 Å². The minimum atomic E-state index is -4.17. The fraction of sp³-hybridized carbons (Fsp3) is 0.636. The Morgan fingerprint density at radius 1 is 0.610 bits per heavy atom. The van der Waals surface area contributed by atoms with Crippen molar-refractivity contribution < 1.29 is 86.8 Å². The van der Waals surface area contributed by atoms with Gasteiger partial charge in [-0.25, -0.2) is 0 Å². The monoisotopic (exact) mass is 1150 g/mol. The number of guanidine groups is 1. The van der Waals surface area contributed by atoms with Gasteiger partial charge in [-0.1, -0.05) is 30.3 Å². The van der Waals surface area contributed by atoms with Crippen molar-refractivity contribution in [3.8, 4) is 0 Å². The summed E-state index contributed by atoms with van der Waals surface area (Å²) in [6, 6.07) is 2.63. The average Bonchev–Trinajstić information content (AvgIpc) is 3.33. The Kier molecular flexibility index (Phi) is 27.3. The van der Waals surface area contributed by atoms with Crippen molar-refractivity contribution >= 4 is 81.4 Å². The van der Waals surface area contributed by atoms with Crippen LogP contribution in [0.2, 0.25) is 0 Å². The molecule has 30 nitrogen and oxygen atoms in total. The third kappa shape index (κ3) is 27.4. The van der Waals surface area contributed by atoms with E-state index in [-0.39, 0.29) is 90.4 Å². The normalized spacial score (nSPS) is 22.2. The summed E-state index contributed by atoms with van der Waals surface area (Å²) < 4.78 is 39.4. The number of nitrogens with zero attached hydrogens (tertiary/aromatic N) is 4. The summed E-state index contributed by atoms with van der Waals surface area (Å²) in [7, 11) is -12.2. The van der Waals surface area contributed by atoms with E-state index in [4.69, 9.17) is 21.7 Å². The smallest absolute Gasteiger partial charge is 0.305 e. The summed E-state index contributed by atoms with van der Waals surface area (Å²) >= 11 is 0. The van der Waals surface area contributed by atoms with E-state index < -0.39 is 169 Å². The molecule has 1 aromatic rings. The van der Waals surface area contributed by atoms with Crippen LogP contribution in [-0.4, -0.2) is 218 Å². The number of nitrogens with one attached hydrogen (secondary N) is 6. The fourth-order valence-corrected chi connectivity index (χ4v) is 12.7. The molecule has 2 aliphatic heterocycles. The van der Waals surface area contributed by atoms with Gasteiger partial charge < -0.3 is 73.4 Å². The lowest BCUT2D eigenvalue weighted by Crippen LogP contribution is -2.58. The number of hydrogen-bond acceptors (Lipinski definition) is 16. The summed E-state index contributed by atoms with van der Waals surface area (Å²) in [6.07, 6.45) is -5.22. The number of nitrogens with two attached hydrogens (primary N) is 2. The number of carboxylic acids is 3. The molecule has 0 radical (unpaired) electrons. The molecule has 2 fully saturated rings. The summed E-state index contributed by atoms with van der Waals surface area (Å²) in [5.74, 6) is -9.39. The van der Waals surface area contributed by atoms with Gasteiger partial charge in [0, 0.05) is 70.6 Å². The van der Waals surface area contributed by atoms with Crippen LogP contribution in [0.25, 0.3) is 0 Å². The van der Waals surface area contributed by atoms with Crippen LogP contribution in [-0.2, 0) is 63.3 Å². The van der Waals surface area contributed by atoms with E-state index in [1.807, 2.05) is 0 Å². The van der Waals surface area contributed by atoms with Crippen molar-refractivity contribution in [3.05, 3.63) is 35.9 Å². The van der Waals surface area contributed by atoms with E-state index >= 15 is 0 Å². The number of carboxylic acid groups (broad SMARTS) is 3. The van der Waals surface area contributed by atoms with E-state index in [2.05, 4.69) is 36.9 Å². The summed E-state index contributed by atoms with van der Waals surface area (Å²) in [5, 5.41) is 42.6. The van der Waals surface area contributed by atoms with Crippen molar-refractivity contribution in [3.63, 3.8) is 0 Å². The minimum absolute atomic E-state index is 0.00739. The maximum Gasteiger partial charge on any atom is 0.305 e. The summed E-state index contributed by atoms with van der Waals surface area (Å²) in [6.45, 7) is -0.582. The Bertz CT molecular complexity index is 2400. The molecule has 2 aliphatic rings. The van der Waals surface area contributed by atoms with Crippen LogP contribution in [0, 0.1) is 0 Å². The second-order valence-corrected chi connectivity index (χ2v) is 26.1. The topological polar surface area (TPSA) is 473 Å². The molecule has 2 saturated heterocycles. The van der Waals surface area contributed by atoms with Crippen molar-refractivity contribution in [1.82, 2.24) is 46.6 Å². The van der Waals surface area contributed by atoms with Gasteiger partial charge in [0.05, 0.1) is 51.3 Å². The molecular formula is C44H73N12O18P3. The molecular weight excluding hydrogens is 1080 g/mol. The first-order valence-electron chi connectivity index (χ1n) is 24.7.